The van der Waals surface area contributed by atoms with E-state index in [1.165, 1.54) is 129 Å². The lowest BCUT2D eigenvalue weighted by Crippen LogP contribution is -2.25. The first kappa shape index (κ1) is 35.1. The summed E-state index contributed by atoms with van der Waals surface area (Å²) < 4.78 is 9.48. The van der Waals surface area contributed by atoms with Gasteiger partial charge in [0.05, 0.1) is 39.1 Å². The van der Waals surface area contributed by atoms with Crippen LogP contribution in [0.15, 0.2) is 182 Å². The number of para-hydroxylation sites is 3. The predicted molar refractivity (Wildman–Crippen MR) is 275 cm³/mol. The standard InChI is InChI=1S/C60H41N3S/c1-2-37-48(28-15-24-43-41-21-10-14-29-53(41)64-60(43)59(37)62-50-26-12-8-22-44(50)54-38-18-5-3-16-35(38)31-33-52(54)62)61-49-25-11-7-20-40(49)46-34-47-42-32-30-36-17-4-6-19-39(36)56(42)63-51-27-13-9-23-45(51)55(57(46)61)58(47)63/h3-14,16-23,25-34,37,59H,2,15,24H2,1H3/b48-28+. The number of aryl methyl sites for hydroxylation is 1. The number of fused-ring (bicyclic) bond motifs is 20. The molecule has 0 spiro atoms. The lowest BCUT2D eigenvalue weighted by atomic mass is 9.85. The van der Waals surface area contributed by atoms with Crippen LogP contribution < -0.4 is 0 Å². The number of aromatic nitrogens is 3. The van der Waals surface area contributed by atoms with E-state index in [0.717, 1.165) is 19.3 Å². The van der Waals surface area contributed by atoms with E-state index in [9.17, 15) is 0 Å². The molecule has 0 amide bonds. The minimum Gasteiger partial charge on any atom is -0.331 e. The van der Waals surface area contributed by atoms with Gasteiger partial charge in [-0.05, 0) is 82.8 Å². The zero-order chi connectivity index (χ0) is 41.8. The highest BCUT2D eigenvalue weighted by molar-refractivity contribution is 7.19. The molecule has 0 N–H and O–H groups in total. The molecule has 0 bridgehead atoms. The topological polar surface area (TPSA) is 14.3 Å². The minimum atomic E-state index is 0.0473. The third-order valence-electron chi connectivity index (χ3n) is 15.1. The highest BCUT2D eigenvalue weighted by Gasteiger charge is 2.37. The van der Waals surface area contributed by atoms with Crippen molar-refractivity contribution in [1.82, 2.24) is 13.5 Å². The molecule has 1 aliphatic carbocycles. The highest BCUT2D eigenvalue weighted by Crippen LogP contribution is 2.53. The summed E-state index contributed by atoms with van der Waals surface area (Å²) in [5.74, 6) is 0.144. The fourth-order valence-electron chi connectivity index (χ4n) is 12.6. The van der Waals surface area contributed by atoms with Gasteiger partial charge in [0.1, 0.15) is 0 Å². The maximum atomic E-state index is 2.77. The second-order valence-corrected chi connectivity index (χ2v) is 19.2. The van der Waals surface area contributed by atoms with Gasteiger partial charge in [-0.3, -0.25) is 0 Å². The van der Waals surface area contributed by atoms with Gasteiger partial charge in [0.15, 0.2) is 0 Å². The van der Waals surface area contributed by atoms with Crippen LogP contribution in [0.4, 0.5) is 0 Å². The van der Waals surface area contributed by atoms with Crippen molar-refractivity contribution in [2.75, 3.05) is 0 Å². The van der Waals surface area contributed by atoms with Gasteiger partial charge in [-0.25, -0.2) is 0 Å². The van der Waals surface area contributed by atoms with Gasteiger partial charge in [0, 0.05) is 75.2 Å². The SMILES string of the molecule is CCC1/C(n2c3ccccc3c3cc4c5ccc6ccccc6c5n5c6ccccc6c(c32)c45)=C\CCc2c(sc3ccccc23)C1n1c2ccccc2c2c3ccccc3ccc21. The van der Waals surface area contributed by atoms with E-state index in [1.807, 2.05) is 11.3 Å². The summed E-state index contributed by atoms with van der Waals surface area (Å²) in [4.78, 5) is 1.50. The molecule has 4 heteroatoms. The van der Waals surface area contributed by atoms with Gasteiger partial charge in [-0.15, -0.1) is 11.3 Å². The third-order valence-corrected chi connectivity index (χ3v) is 16.3. The summed E-state index contributed by atoms with van der Waals surface area (Å²) in [5, 5.41) is 17.2. The molecular formula is C60H41N3S. The molecule has 9 aromatic carbocycles. The number of nitrogens with zero attached hydrogens (tertiary/aromatic N) is 3. The number of allylic oxidation sites excluding steroid dienone is 2. The van der Waals surface area contributed by atoms with Gasteiger partial charge in [-0.1, -0.05) is 153 Å². The van der Waals surface area contributed by atoms with E-state index in [4.69, 9.17) is 0 Å². The third kappa shape index (κ3) is 4.41. The zero-order valence-electron chi connectivity index (χ0n) is 35.3. The molecule has 2 atom stereocenters. The van der Waals surface area contributed by atoms with Crippen LogP contribution in [0.25, 0.3) is 119 Å². The first-order chi connectivity index (χ1) is 31.8. The Morgan fingerprint density at radius 1 is 0.484 bits per heavy atom. The van der Waals surface area contributed by atoms with Crippen molar-refractivity contribution in [1.29, 1.82) is 0 Å². The molecular weight excluding hydrogens is 795 g/mol. The van der Waals surface area contributed by atoms with Crippen molar-refractivity contribution < 1.29 is 0 Å². The Kier molecular flexibility index (Phi) is 7.04. The number of hydrogen-bond donors (Lipinski definition) is 0. The first-order valence-corrected chi connectivity index (χ1v) is 23.7. The molecule has 302 valence electrons. The van der Waals surface area contributed by atoms with Gasteiger partial charge in [0.2, 0.25) is 0 Å². The average molecular weight is 836 g/mol. The predicted octanol–water partition coefficient (Wildman–Crippen LogP) is 16.7. The van der Waals surface area contributed by atoms with Crippen LogP contribution in [0.5, 0.6) is 0 Å². The Morgan fingerprint density at radius 3 is 1.92 bits per heavy atom. The molecule has 5 heterocycles. The van der Waals surface area contributed by atoms with Crippen LogP contribution in [-0.4, -0.2) is 13.5 Å². The van der Waals surface area contributed by atoms with Gasteiger partial charge in [-0.2, -0.15) is 0 Å². The highest BCUT2D eigenvalue weighted by atomic mass is 32.1. The monoisotopic (exact) mass is 835 g/mol. The largest absolute Gasteiger partial charge is 0.331 e. The molecule has 1 aliphatic rings. The summed E-state index contributed by atoms with van der Waals surface area (Å²) in [5.41, 5.74) is 12.0. The van der Waals surface area contributed by atoms with Crippen molar-refractivity contribution in [3.8, 4) is 0 Å². The van der Waals surface area contributed by atoms with Crippen LogP contribution in [0.1, 0.15) is 36.2 Å². The number of thiophene rings is 1. The molecule has 0 saturated heterocycles. The van der Waals surface area contributed by atoms with Crippen molar-refractivity contribution in [3.05, 3.63) is 192 Å². The molecule has 64 heavy (non-hydrogen) atoms. The van der Waals surface area contributed by atoms with Crippen LogP contribution in [0.2, 0.25) is 0 Å². The maximum absolute atomic E-state index is 2.77. The van der Waals surface area contributed by atoms with E-state index < -0.39 is 0 Å². The van der Waals surface area contributed by atoms with E-state index in [1.54, 1.807) is 0 Å². The molecule has 2 unspecified atom stereocenters. The smallest absolute Gasteiger partial charge is 0.0770 e. The van der Waals surface area contributed by atoms with E-state index >= 15 is 0 Å². The fraction of sp³-hybridized carbons (Fsp3) is 0.100. The van der Waals surface area contributed by atoms with Crippen molar-refractivity contribution in [2.45, 2.75) is 32.2 Å². The Bertz CT molecular complexity index is 4320. The Labute approximate surface area is 372 Å². The Morgan fingerprint density at radius 2 is 1.11 bits per heavy atom. The minimum absolute atomic E-state index is 0.0473. The molecule has 0 saturated carbocycles. The lowest BCUT2D eigenvalue weighted by Gasteiger charge is -2.34. The van der Waals surface area contributed by atoms with Crippen LogP contribution in [0.3, 0.4) is 0 Å². The molecule has 0 radical (unpaired) electrons. The van der Waals surface area contributed by atoms with Gasteiger partial charge >= 0.3 is 0 Å². The number of hydrogen-bond acceptors (Lipinski definition) is 1. The van der Waals surface area contributed by atoms with E-state index in [2.05, 4.69) is 202 Å². The summed E-state index contributed by atoms with van der Waals surface area (Å²) in [6.07, 6.45) is 5.58. The number of benzene rings is 9. The molecule has 0 aliphatic heterocycles. The zero-order valence-corrected chi connectivity index (χ0v) is 36.2. The summed E-state index contributed by atoms with van der Waals surface area (Å²) >= 11 is 2.03. The Hall–Kier alpha value is -7.40. The van der Waals surface area contributed by atoms with Crippen molar-refractivity contribution >= 4 is 130 Å². The number of rotatable bonds is 3. The second-order valence-electron chi connectivity index (χ2n) is 18.1. The molecule has 3 nitrogen and oxygen atoms in total. The van der Waals surface area contributed by atoms with Crippen LogP contribution in [-0.2, 0) is 6.42 Å². The Balaban J connectivity index is 1.10. The van der Waals surface area contributed by atoms with E-state index in [-0.39, 0.29) is 12.0 Å². The molecule has 15 rings (SSSR count). The quantitative estimate of drug-likeness (QED) is 0.168. The lowest BCUT2D eigenvalue weighted by molar-refractivity contribution is 0.456. The summed E-state index contributed by atoms with van der Waals surface area (Å²) in [6.45, 7) is 2.44. The van der Waals surface area contributed by atoms with Gasteiger partial charge < -0.3 is 13.5 Å². The van der Waals surface area contributed by atoms with Crippen molar-refractivity contribution in [2.24, 2.45) is 5.92 Å². The van der Waals surface area contributed by atoms with Crippen LogP contribution in [0, 0.1) is 5.92 Å². The first-order valence-electron chi connectivity index (χ1n) is 22.9. The summed E-state index contributed by atoms with van der Waals surface area (Å²) in [6, 6.07) is 66.6. The molecule has 14 aromatic rings. The molecule has 5 aromatic heterocycles. The second kappa shape index (κ2) is 12.8. The average Bonchev–Trinajstić information content (AvgIpc) is 4.14. The van der Waals surface area contributed by atoms with Crippen LogP contribution >= 0.6 is 11.3 Å². The fourth-order valence-corrected chi connectivity index (χ4v) is 14.0. The molecule has 0 fully saturated rings. The van der Waals surface area contributed by atoms with Crippen molar-refractivity contribution in [3.63, 3.8) is 0 Å². The maximum Gasteiger partial charge on any atom is 0.0770 e. The van der Waals surface area contributed by atoms with Gasteiger partial charge in [0.25, 0.3) is 0 Å². The van der Waals surface area contributed by atoms with E-state index in [0.29, 0.717) is 0 Å². The normalized spacial score (nSPS) is 17.0. The summed E-state index contributed by atoms with van der Waals surface area (Å²) in [7, 11) is 0.